The highest BCUT2D eigenvalue weighted by atomic mass is 16.1. The maximum absolute atomic E-state index is 12.6. The van der Waals surface area contributed by atoms with E-state index in [1.54, 1.807) is 0 Å². The summed E-state index contributed by atoms with van der Waals surface area (Å²) in [5.74, 6) is 1.04. The minimum absolute atomic E-state index is 0.0631. The molecule has 2 heterocycles. The van der Waals surface area contributed by atoms with Crippen molar-refractivity contribution < 1.29 is 4.79 Å². The lowest BCUT2D eigenvalue weighted by atomic mass is 10.0. The van der Waals surface area contributed by atoms with Gasteiger partial charge in [-0.25, -0.2) is 4.98 Å². The maximum Gasteiger partial charge on any atom is 0.255 e. The molecule has 6 heteroatoms. The zero-order valence-electron chi connectivity index (χ0n) is 19.5. The number of hydrogen-bond donors (Lipinski definition) is 1. The number of aromatic nitrogens is 2. The number of nitrogens with one attached hydrogen (secondary N) is 1. The van der Waals surface area contributed by atoms with Gasteiger partial charge in [0.2, 0.25) is 0 Å². The van der Waals surface area contributed by atoms with Crippen molar-refractivity contribution in [1.82, 2.24) is 14.5 Å². The van der Waals surface area contributed by atoms with Gasteiger partial charge in [-0.15, -0.1) is 0 Å². The first-order valence-corrected chi connectivity index (χ1v) is 11.3. The van der Waals surface area contributed by atoms with Gasteiger partial charge in [-0.3, -0.25) is 9.69 Å². The van der Waals surface area contributed by atoms with Crippen molar-refractivity contribution in [3.05, 3.63) is 77.4 Å². The van der Waals surface area contributed by atoms with Crippen LogP contribution in [0.2, 0.25) is 0 Å². The van der Waals surface area contributed by atoms with Crippen molar-refractivity contribution in [1.29, 1.82) is 0 Å². The van der Waals surface area contributed by atoms with Gasteiger partial charge in [-0.2, -0.15) is 0 Å². The summed E-state index contributed by atoms with van der Waals surface area (Å²) in [4.78, 5) is 21.9. The standard InChI is InChI=1S/C26H33N5O/c1-19-5-10-24(20(2)17-19)26(32)28-21-6-8-23(9-7-21)31-14-11-22(12-15-31)30(4)18-25-27-13-16-29(25)3/h5-10,13,16-17,22H,11-12,14-15,18H2,1-4H3,(H,28,32). The van der Waals surface area contributed by atoms with Crippen LogP contribution < -0.4 is 10.2 Å². The molecule has 0 atom stereocenters. The second-order valence-electron chi connectivity index (χ2n) is 8.91. The third-order valence-electron chi connectivity index (χ3n) is 6.52. The summed E-state index contributed by atoms with van der Waals surface area (Å²) in [5.41, 5.74) is 4.91. The number of amides is 1. The molecule has 32 heavy (non-hydrogen) atoms. The summed E-state index contributed by atoms with van der Waals surface area (Å²) in [6, 6.07) is 14.7. The Morgan fingerprint density at radius 1 is 1.12 bits per heavy atom. The maximum atomic E-state index is 12.6. The van der Waals surface area contributed by atoms with Crippen molar-refractivity contribution in [2.24, 2.45) is 7.05 Å². The molecule has 1 fully saturated rings. The first-order chi connectivity index (χ1) is 15.4. The summed E-state index contributed by atoms with van der Waals surface area (Å²) in [6.45, 7) is 6.95. The van der Waals surface area contributed by atoms with Crippen molar-refractivity contribution in [3.63, 3.8) is 0 Å². The van der Waals surface area contributed by atoms with Gasteiger partial charge >= 0.3 is 0 Å². The quantitative estimate of drug-likeness (QED) is 0.629. The van der Waals surface area contributed by atoms with Gasteiger partial charge in [0.15, 0.2) is 0 Å². The minimum atomic E-state index is -0.0631. The number of nitrogens with zero attached hydrogens (tertiary/aromatic N) is 4. The van der Waals surface area contributed by atoms with Crippen LogP contribution in [0.5, 0.6) is 0 Å². The van der Waals surface area contributed by atoms with Crippen LogP contribution in [0.3, 0.4) is 0 Å². The predicted molar refractivity (Wildman–Crippen MR) is 130 cm³/mol. The summed E-state index contributed by atoms with van der Waals surface area (Å²) in [6.07, 6.45) is 6.12. The van der Waals surface area contributed by atoms with Crippen LogP contribution in [0, 0.1) is 13.8 Å². The van der Waals surface area contributed by atoms with E-state index in [1.165, 1.54) is 5.69 Å². The van der Waals surface area contributed by atoms with Gasteiger partial charge in [0, 0.05) is 55.5 Å². The van der Waals surface area contributed by atoms with E-state index in [0.717, 1.165) is 60.7 Å². The highest BCUT2D eigenvalue weighted by Crippen LogP contribution is 2.25. The highest BCUT2D eigenvalue weighted by Gasteiger charge is 2.23. The van der Waals surface area contributed by atoms with E-state index in [9.17, 15) is 4.79 Å². The topological polar surface area (TPSA) is 53.4 Å². The van der Waals surface area contributed by atoms with Gasteiger partial charge in [0.25, 0.3) is 5.91 Å². The summed E-state index contributed by atoms with van der Waals surface area (Å²) in [5, 5.41) is 3.02. The molecule has 1 aliphatic heterocycles. The molecule has 1 amide bonds. The summed E-state index contributed by atoms with van der Waals surface area (Å²) in [7, 11) is 4.25. The Labute approximate surface area is 190 Å². The number of carbonyl (C=O) groups is 1. The Morgan fingerprint density at radius 2 is 1.84 bits per heavy atom. The fourth-order valence-corrected chi connectivity index (χ4v) is 4.49. The Morgan fingerprint density at radius 3 is 2.47 bits per heavy atom. The van der Waals surface area contributed by atoms with Crippen LogP contribution in [0.15, 0.2) is 54.9 Å². The van der Waals surface area contributed by atoms with Crippen molar-refractivity contribution in [2.45, 2.75) is 39.3 Å². The molecule has 3 aromatic rings. The lowest BCUT2D eigenvalue weighted by molar-refractivity contribution is 0.102. The van der Waals surface area contributed by atoms with Crippen molar-refractivity contribution >= 4 is 17.3 Å². The van der Waals surface area contributed by atoms with Gasteiger partial charge in [0.05, 0.1) is 6.54 Å². The smallest absolute Gasteiger partial charge is 0.255 e. The SMILES string of the molecule is Cc1ccc(C(=O)Nc2ccc(N3CCC(N(C)Cc4nccn4C)CC3)cc2)c(C)c1. The van der Waals surface area contributed by atoms with Crippen molar-refractivity contribution in [3.8, 4) is 0 Å². The first kappa shape index (κ1) is 22.1. The number of rotatable bonds is 6. The molecule has 6 nitrogen and oxygen atoms in total. The predicted octanol–water partition coefficient (Wildman–Crippen LogP) is 4.39. The van der Waals surface area contributed by atoms with Crippen molar-refractivity contribution in [2.75, 3.05) is 30.4 Å². The number of hydrogen-bond acceptors (Lipinski definition) is 4. The van der Waals surface area contributed by atoms with Gasteiger partial charge < -0.3 is 14.8 Å². The van der Waals surface area contributed by atoms with Crippen LogP contribution in [0.1, 0.15) is 40.2 Å². The zero-order valence-corrected chi connectivity index (χ0v) is 19.5. The van der Waals surface area contributed by atoms with Gasteiger partial charge in [0.1, 0.15) is 5.82 Å². The normalized spacial score (nSPS) is 14.7. The monoisotopic (exact) mass is 431 g/mol. The van der Waals surface area contributed by atoms with Crippen LogP contribution >= 0.6 is 0 Å². The molecular weight excluding hydrogens is 398 g/mol. The third-order valence-corrected chi connectivity index (χ3v) is 6.52. The molecule has 1 aromatic heterocycles. The molecule has 1 saturated heterocycles. The Hall–Kier alpha value is -3.12. The second-order valence-corrected chi connectivity index (χ2v) is 8.91. The molecular formula is C26H33N5O. The van der Waals surface area contributed by atoms with E-state index >= 15 is 0 Å². The molecule has 0 spiro atoms. The van der Waals surface area contributed by atoms with E-state index in [-0.39, 0.29) is 5.91 Å². The molecule has 2 aromatic carbocycles. The number of aryl methyl sites for hydroxylation is 3. The van der Waals surface area contributed by atoms with Gasteiger partial charge in [-0.1, -0.05) is 17.7 Å². The third kappa shape index (κ3) is 5.02. The van der Waals surface area contributed by atoms with E-state index in [0.29, 0.717) is 6.04 Å². The molecule has 0 aliphatic carbocycles. The lowest BCUT2D eigenvalue weighted by Crippen LogP contribution is -2.43. The number of imidazole rings is 1. The van der Waals surface area contributed by atoms with Crippen LogP contribution in [0.25, 0.3) is 0 Å². The molecule has 0 unspecified atom stereocenters. The minimum Gasteiger partial charge on any atom is -0.371 e. The van der Waals surface area contributed by atoms with E-state index in [4.69, 9.17) is 0 Å². The molecule has 1 N–H and O–H groups in total. The zero-order chi connectivity index (χ0) is 22.7. The number of piperidine rings is 1. The summed E-state index contributed by atoms with van der Waals surface area (Å²) < 4.78 is 2.09. The van der Waals surface area contributed by atoms with Crippen LogP contribution in [-0.4, -0.2) is 46.5 Å². The van der Waals surface area contributed by atoms with Crippen LogP contribution in [-0.2, 0) is 13.6 Å². The van der Waals surface area contributed by atoms with E-state index in [2.05, 4.69) is 43.8 Å². The molecule has 0 saturated carbocycles. The Balaban J connectivity index is 1.31. The fraction of sp³-hybridized carbons (Fsp3) is 0.385. The number of anilines is 2. The first-order valence-electron chi connectivity index (χ1n) is 11.3. The summed E-state index contributed by atoms with van der Waals surface area (Å²) >= 11 is 0. The molecule has 0 radical (unpaired) electrons. The molecule has 1 aliphatic rings. The highest BCUT2D eigenvalue weighted by molar-refractivity contribution is 6.05. The lowest BCUT2D eigenvalue weighted by Gasteiger charge is -2.37. The average molecular weight is 432 g/mol. The largest absolute Gasteiger partial charge is 0.371 e. The number of benzene rings is 2. The van der Waals surface area contributed by atoms with E-state index in [1.807, 2.05) is 63.6 Å². The molecule has 4 rings (SSSR count). The number of carbonyl (C=O) groups excluding carboxylic acids is 1. The van der Waals surface area contributed by atoms with E-state index < -0.39 is 0 Å². The molecule has 168 valence electrons. The average Bonchev–Trinajstić information content (AvgIpc) is 3.18. The second kappa shape index (κ2) is 9.57. The van der Waals surface area contributed by atoms with Gasteiger partial charge in [-0.05, 0) is 69.6 Å². The fourth-order valence-electron chi connectivity index (χ4n) is 4.49. The molecule has 0 bridgehead atoms. The Bertz CT molecular complexity index is 1060. The Kier molecular flexibility index (Phi) is 6.61. The van der Waals surface area contributed by atoms with Crippen LogP contribution in [0.4, 0.5) is 11.4 Å².